The standard InChI is InChI=1S/C17H23NO3/c1-12-5-7-18(11-17(12)20-2)10-15(19)13-3-4-16-14(9-13)6-8-21-16/h3-4,9,12,17H,5-8,10-11H2,1-2H3. The fourth-order valence-corrected chi connectivity index (χ4v) is 3.20. The zero-order valence-electron chi connectivity index (χ0n) is 12.8. The highest BCUT2D eigenvalue weighted by molar-refractivity contribution is 5.98. The van der Waals surface area contributed by atoms with Crippen molar-refractivity contribution in [1.29, 1.82) is 0 Å². The molecule has 0 bridgehead atoms. The molecule has 1 aromatic carbocycles. The Bertz CT molecular complexity index is 529. The average molecular weight is 289 g/mol. The molecule has 1 fully saturated rings. The minimum atomic E-state index is 0.189. The lowest BCUT2D eigenvalue weighted by Gasteiger charge is -2.35. The first-order valence-electron chi connectivity index (χ1n) is 7.71. The highest BCUT2D eigenvalue weighted by Gasteiger charge is 2.27. The summed E-state index contributed by atoms with van der Waals surface area (Å²) in [5.74, 6) is 1.69. The normalized spacial score (nSPS) is 25.4. The average Bonchev–Trinajstić information content (AvgIpc) is 2.96. The third-order valence-electron chi connectivity index (χ3n) is 4.65. The van der Waals surface area contributed by atoms with Gasteiger partial charge in [0.05, 0.1) is 19.3 Å². The molecule has 1 saturated heterocycles. The van der Waals surface area contributed by atoms with Crippen LogP contribution >= 0.6 is 0 Å². The second-order valence-electron chi connectivity index (χ2n) is 6.12. The number of methoxy groups -OCH3 is 1. The number of carbonyl (C=O) groups is 1. The fourth-order valence-electron chi connectivity index (χ4n) is 3.20. The molecule has 0 amide bonds. The number of hydrogen-bond acceptors (Lipinski definition) is 4. The molecular formula is C17H23NO3. The number of rotatable bonds is 4. The largest absolute Gasteiger partial charge is 0.493 e. The van der Waals surface area contributed by atoms with Gasteiger partial charge in [-0.1, -0.05) is 6.92 Å². The summed E-state index contributed by atoms with van der Waals surface area (Å²) < 4.78 is 11.0. The van der Waals surface area contributed by atoms with E-state index in [0.717, 1.165) is 49.4 Å². The molecule has 3 rings (SSSR count). The molecule has 1 aromatic rings. The lowest BCUT2D eigenvalue weighted by Crippen LogP contribution is -2.45. The molecule has 114 valence electrons. The van der Waals surface area contributed by atoms with E-state index >= 15 is 0 Å². The highest BCUT2D eigenvalue weighted by atomic mass is 16.5. The molecule has 0 N–H and O–H groups in total. The number of ether oxygens (including phenoxy) is 2. The maximum atomic E-state index is 12.5. The van der Waals surface area contributed by atoms with Gasteiger partial charge in [0, 0.05) is 25.6 Å². The molecule has 0 aliphatic carbocycles. The Balaban J connectivity index is 1.64. The SMILES string of the molecule is COC1CN(CC(=O)c2ccc3c(c2)CCO3)CCC1C. The Hall–Kier alpha value is -1.39. The van der Waals surface area contributed by atoms with Gasteiger partial charge in [0.2, 0.25) is 0 Å². The van der Waals surface area contributed by atoms with E-state index in [0.29, 0.717) is 12.5 Å². The minimum absolute atomic E-state index is 0.189. The molecular weight excluding hydrogens is 266 g/mol. The summed E-state index contributed by atoms with van der Waals surface area (Å²) in [6, 6.07) is 5.80. The second kappa shape index (κ2) is 6.16. The van der Waals surface area contributed by atoms with E-state index in [1.807, 2.05) is 18.2 Å². The molecule has 4 heteroatoms. The van der Waals surface area contributed by atoms with Crippen LogP contribution < -0.4 is 4.74 Å². The Kier molecular flexibility index (Phi) is 4.27. The molecule has 2 aliphatic rings. The summed E-state index contributed by atoms with van der Waals surface area (Å²) in [7, 11) is 1.76. The van der Waals surface area contributed by atoms with E-state index in [1.54, 1.807) is 7.11 Å². The van der Waals surface area contributed by atoms with Gasteiger partial charge in [0.15, 0.2) is 5.78 Å². The Morgan fingerprint density at radius 1 is 1.48 bits per heavy atom. The van der Waals surface area contributed by atoms with Gasteiger partial charge in [-0.3, -0.25) is 9.69 Å². The summed E-state index contributed by atoms with van der Waals surface area (Å²) >= 11 is 0. The number of likely N-dealkylation sites (tertiary alicyclic amines) is 1. The van der Waals surface area contributed by atoms with Crippen LogP contribution in [0.1, 0.15) is 29.3 Å². The molecule has 21 heavy (non-hydrogen) atoms. The van der Waals surface area contributed by atoms with E-state index < -0.39 is 0 Å². The first-order valence-corrected chi connectivity index (χ1v) is 7.71. The van der Waals surface area contributed by atoms with Crippen LogP contribution in [0.4, 0.5) is 0 Å². The number of Topliss-reactive ketones (excluding diaryl/α,β-unsaturated/α-hetero) is 1. The fraction of sp³-hybridized carbons (Fsp3) is 0.588. The van der Waals surface area contributed by atoms with Gasteiger partial charge in [-0.05, 0) is 42.6 Å². The van der Waals surface area contributed by atoms with Crippen molar-refractivity contribution >= 4 is 5.78 Å². The van der Waals surface area contributed by atoms with Gasteiger partial charge in [-0.15, -0.1) is 0 Å². The van der Waals surface area contributed by atoms with Crippen LogP contribution in [0.5, 0.6) is 5.75 Å². The monoisotopic (exact) mass is 289 g/mol. The lowest BCUT2D eigenvalue weighted by molar-refractivity contribution is -0.00324. The predicted octanol–water partition coefficient (Wildman–Crippen LogP) is 2.16. The van der Waals surface area contributed by atoms with Crippen LogP contribution in [0.15, 0.2) is 18.2 Å². The summed E-state index contributed by atoms with van der Waals surface area (Å²) in [6.07, 6.45) is 2.23. The van der Waals surface area contributed by atoms with Crippen LogP contribution in [0, 0.1) is 5.92 Å². The molecule has 2 aliphatic heterocycles. The molecule has 2 unspecified atom stereocenters. The van der Waals surface area contributed by atoms with Crippen LogP contribution in [0.2, 0.25) is 0 Å². The number of carbonyl (C=O) groups excluding carboxylic acids is 1. The summed E-state index contributed by atoms with van der Waals surface area (Å²) in [6.45, 7) is 5.24. The van der Waals surface area contributed by atoms with Crippen LogP contribution in [0.3, 0.4) is 0 Å². The molecule has 2 atom stereocenters. The molecule has 0 radical (unpaired) electrons. The first kappa shape index (κ1) is 14.5. The third-order valence-corrected chi connectivity index (χ3v) is 4.65. The van der Waals surface area contributed by atoms with Crippen molar-refractivity contribution in [1.82, 2.24) is 4.90 Å². The molecule has 2 heterocycles. The third kappa shape index (κ3) is 3.11. The van der Waals surface area contributed by atoms with Crippen LogP contribution in [0.25, 0.3) is 0 Å². The summed E-state index contributed by atoms with van der Waals surface area (Å²) in [4.78, 5) is 14.7. The lowest BCUT2D eigenvalue weighted by atomic mass is 9.95. The highest BCUT2D eigenvalue weighted by Crippen LogP contribution is 2.26. The topological polar surface area (TPSA) is 38.8 Å². The predicted molar refractivity (Wildman–Crippen MR) is 81.0 cm³/mol. The maximum Gasteiger partial charge on any atom is 0.176 e. The quantitative estimate of drug-likeness (QED) is 0.796. The van der Waals surface area contributed by atoms with Gasteiger partial charge in [0.1, 0.15) is 5.75 Å². The smallest absolute Gasteiger partial charge is 0.176 e. The number of ketones is 1. The van der Waals surface area contributed by atoms with Crippen molar-refractivity contribution in [2.45, 2.75) is 25.9 Å². The van der Waals surface area contributed by atoms with Crippen molar-refractivity contribution in [3.8, 4) is 5.75 Å². The van der Waals surface area contributed by atoms with Crippen molar-refractivity contribution < 1.29 is 14.3 Å². The van der Waals surface area contributed by atoms with E-state index in [2.05, 4.69) is 11.8 Å². The number of fused-ring (bicyclic) bond motifs is 1. The van der Waals surface area contributed by atoms with Gasteiger partial charge in [-0.2, -0.15) is 0 Å². The summed E-state index contributed by atoms with van der Waals surface area (Å²) in [5.41, 5.74) is 1.95. The van der Waals surface area contributed by atoms with Gasteiger partial charge >= 0.3 is 0 Å². The van der Waals surface area contributed by atoms with E-state index in [9.17, 15) is 4.79 Å². The van der Waals surface area contributed by atoms with Crippen LogP contribution in [-0.2, 0) is 11.2 Å². The maximum absolute atomic E-state index is 12.5. The Labute approximate surface area is 126 Å². The number of hydrogen-bond donors (Lipinski definition) is 0. The minimum Gasteiger partial charge on any atom is -0.493 e. The molecule has 0 spiro atoms. The van der Waals surface area contributed by atoms with Gasteiger partial charge in [-0.25, -0.2) is 0 Å². The zero-order chi connectivity index (χ0) is 14.8. The van der Waals surface area contributed by atoms with Gasteiger partial charge in [0.25, 0.3) is 0 Å². The Morgan fingerprint density at radius 2 is 2.33 bits per heavy atom. The number of nitrogens with zero attached hydrogens (tertiary/aromatic N) is 1. The molecule has 0 aromatic heterocycles. The van der Waals surface area contributed by atoms with Crippen molar-refractivity contribution in [3.63, 3.8) is 0 Å². The zero-order valence-corrected chi connectivity index (χ0v) is 12.8. The van der Waals surface area contributed by atoms with Crippen molar-refractivity contribution in [2.75, 3.05) is 33.4 Å². The first-order chi connectivity index (χ1) is 10.2. The van der Waals surface area contributed by atoms with Crippen LogP contribution in [-0.4, -0.2) is 50.1 Å². The number of benzene rings is 1. The van der Waals surface area contributed by atoms with Crippen molar-refractivity contribution in [3.05, 3.63) is 29.3 Å². The second-order valence-corrected chi connectivity index (χ2v) is 6.12. The van der Waals surface area contributed by atoms with E-state index in [1.165, 1.54) is 0 Å². The molecule has 4 nitrogen and oxygen atoms in total. The van der Waals surface area contributed by atoms with E-state index in [-0.39, 0.29) is 11.9 Å². The summed E-state index contributed by atoms with van der Waals surface area (Å²) in [5, 5.41) is 0. The molecule has 0 saturated carbocycles. The van der Waals surface area contributed by atoms with Crippen molar-refractivity contribution in [2.24, 2.45) is 5.92 Å². The van der Waals surface area contributed by atoms with Gasteiger partial charge < -0.3 is 9.47 Å². The Morgan fingerprint density at radius 3 is 3.14 bits per heavy atom. The van der Waals surface area contributed by atoms with E-state index in [4.69, 9.17) is 9.47 Å². The number of piperidine rings is 1.